The van der Waals surface area contributed by atoms with Crippen molar-refractivity contribution < 1.29 is 4.79 Å². The van der Waals surface area contributed by atoms with Gasteiger partial charge in [0.05, 0.1) is 6.04 Å². The van der Waals surface area contributed by atoms with E-state index in [0.29, 0.717) is 17.6 Å². The van der Waals surface area contributed by atoms with Gasteiger partial charge in [0.15, 0.2) is 5.78 Å². The number of fused-ring (bicyclic) bond motifs is 2. The molecule has 0 unspecified atom stereocenters. The van der Waals surface area contributed by atoms with Gasteiger partial charge >= 0.3 is 0 Å². The van der Waals surface area contributed by atoms with E-state index in [2.05, 4.69) is 0 Å². The molecule has 2 saturated carbocycles. The molecule has 9 heavy (non-hydrogen) atoms. The van der Waals surface area contributed by atoms with Crippen LogP contribution >= 0.6 is 0 Å². The minimum atomic E-state index is -0.0938. The topological polar surface area (TPSA) is 43.1 Å². The number of hydrogen-bond donors (Lipinski definition) is 1. The van der Waals surface area contributed by atoms with Crippen molar-refractivity contribution in [2.45, 2.75) is 25.3 Å². The van der Waals surface area contributed by atoms with Gasteiger partial charge in [-0.15, -0.1) is 0 Å². The Morgan fingerprint density at radius 1 is 1.44 bits per heavy atom. The van der Waals surface area contributed by atoms with E-state index in [9.17, 15) is 4.79 Å². The molecule has 0 radical (unpaired) electrons. The molecule has 0 aromatic carbocycles. The zero-order valence-corrected chi connectivity index (χ0v) is 5.34. The third-order valence-corrected chi connectivity index (χ3v) is 2.71. The number of hydrogen-bond acceptors (Lipinski definition) is 2. The molecule has 2 bridgehead atoms. The summed E-state index contributed by atoms with van der Waals surface area (Å²) in [5.74, 6) is 1.22. The van der Waals surface area contributed by atoms with Crippen molar-refractivity contribution in [3.8, 4) is 0 Å². The Labute approximate surface area is 54.4 Å². The van der Waals surface area contributed by atoms with E-state index in [1.54, 1.807) is 0 Å². The highest BCUT2D eigenvalue weighted by Gasteiger charge is 2.44. The zero-order chi connectivity index (χ0) is 6.43. The SMILES string of the molecule is N[C@H]1C(=O)[C@H]2CC[C@@H]1C2. The molecule has 0 amide bonds. The Balaban J connectivity index is 2.25. The van der Waals surface area contributed by atoms with E-state index < -0.39 is 0 Å². The largest absolute Gasteiger partial charge is 0.321 e. The first-order valence-corrected chi connectivity index (χ1v) is 3.58. The molecule has 2 aliphatic carbocycles. The molecular formula is C7H11NO. The van der Waals surface area contributed by atoms with Crippen molar-refractivity contribution in [3.63, 3.8) is 0 Å². The van der Waals surface area contributed by atoms with Crippen molar-refractivity contribution in [1.29, 1.82) is 0 Å². The lowest BCUT2D eigenvalue weighted by Gasteiger charge is -2.14. The van der Waals surface area contributed by atoms with E-state index in [4.69, 9.17) is 5.73 Å². The fourth-order valence-electron chi connectivity index (χ4n) is 2.11. The average Bonchev–Trinajstić information content (AvgIpc) is 2.37. The van der Waals surface area contributed by atoms with Gasteiger partial charge in [-0.05, 0) is 25.2 Å². The van der Waals surface area contributed by atoms with Gasteiger partial charge in [0.1, 0.15) is 0 Å². The van der Waals surface area contributed by atoms with Crippen LogP contribution in [0.2, 0.25) is 0 Å². The van der Waals surface area contributed by atoms with E-state index in [1.165, 1.54) is 6.42 Å². The maximum atomic E-state index is 11.0. The van der Waals surface area contributed by atoms with Gasteiger partial charge in [-0.3, -0.25) is 4.79 Å². The number of carbonyl (C=O) groups is 1. The number of rotatable bonds is 0. The molecule has 2 fully saturated rings. The maximum Gasteiger partial charge on any atom is 0.152 e. The second kappa shape index (κ2) is 1.57. The second-order valence-electron chi connectivity index (χ2n) is 3.20. The molecule has 2 N–H and O–H groups in total. The highest BCUT2D eigenvalue weighted by atomic mass is 16.1. The molecule has 0 spiro atoms. The summed E-state index contributed by atoms with van der Waals surface area (Å²) in [6.45, 7) is 0. The van der Waals surface area contributed by atoms with Gasteiger partial charge in [0.2, 0.25) is 0 Å². The molecule has 2 rings (SSSR count). The van der Waals surface area contributed by atoms with Gasteiger partial charge in [-0.25, -0.2) is 0 Å². The van der Waals surface area contributed by atoms with Crippen LogP contribution in [0.25, 0.3) is 0 Å². The summed E-state index contributed by atoms with van der Waals surface area (Å²) in [6.07, 6.45) is 3.38. The number of ketones is 1. The molecule has 2 heteroatoms. The second-order valence-corrected chi connectivity index (χ2v) is 3.20. The van der Waals surface area contributed by atoms with Crippen molar-refractivity contribution in [2.75, 3.05) is 0 Å². The van der Waals surface area contributed by atoms with E-state index in [0.717, 1.165) is 12.8 Å². The number of nitrogens with two attached hydrogens (primary N) is 1. The quantitative estimate of drug-likeness (QED) is 0.506. The van der Waals surface area contributed by atoms with Gasteiger partial charge in [0.25, 0.3) is 0 Å². The van der Waals surface area contributed by atoms with E-state index >= 15 is 0 Å². The lowest BCUT2D eigenvalue weighted by atomic mass is 9.95. The average molecular weight is 125 g/mol. The lowest BCUT2D eigenvalue weighted by molar-refractivity contribution is -0.122. The van der Waals surface area contributed by atoms with Crippen LogP contribution in [-0.4, -0.2) is 11.8 Å². The van der Waals surface area contributed by atoms with E-state index in [-0.39, 0.29) is 6.04 Å². The number of carbonyl (C=O) groups excluding carboxylic acids is 1. The minimum absolute atomic E-state index is 0.0938. The molecule has 0 aliphatic heterocycles. The normalized spacial score (nSPS) is 48.6. The smallest absolute Gasteiger partial charge is 0.152 e. The predicted molar refractivity (Wildman–Crippen MR) is 33.8 cm³/mol. The molecular weight excluding hydrogens is 114 g/mol. The van der Waals surface area contributed by atoms with Crippen LogP contribution in [0.1, 0.15) is 19.3 Å². The fourth-order valence-corrected chi connectivity index (χ4v) is 2.11. The monoisotopic (exact) mass is 125 g/mol. The lowest BCUT2D eigenvalue weighted by Crippen LogP contribution is -2.35. The Kier molecular flexibility index (Phi) is 0.943. The Morgan fingerprint density at radius 2 is 2.22 bits per heavy atom. The van der Waals surface area contributed by atoms with Crippen LogP contribution < -0.4 is 5.73 Å². The molecule has 0 aromatic heterocycles. The van der Waals surface area contributed by atoms with Crippen LogP contribution in [-0.2, 0) is 4.79 Å². The Bertz CT molecular complexity index is 151. The molecule has 3 atom stereocenters. The Hall–Kier alpha value is -0.370. The summed E-state index contributed by atoms with van der Waals surface area (Å²) in [5, 5.41) is 0. The standard InChI is InChI=1S/C7H11NO/c8-6-4-1-2-5(3-4)7(6)9/h4-6H,1-3,8H2/t4-,5+,6-/m1/s1. The van der Waals surface area contributed by atoms with Gasteiger partial charge < -0.3 is 5.73 Å². The first-order valence-electron chi connectivity index (χ1n) is 3.58. The predicted octanol–water partition coefficient (Wildman–Crippen LogP) is 0.313. The van der Waals surface area contributed by atoms with Crippen LogP contribution in [0, 0.1) is 11.8 Å². The van der Waals surface area contributed by atoms with Crippen molar-refractivity contribution in [1.82, 2.24) is 0 Å². The van der Waals surface area contributed by atoms with Crippen LogP contribution in [0.3, 0.4) is 0 Å². The first kappa shape index (κ1) is 5.42. The highest BCUT2D eigenvalue weighted by molar-refractivity contribution is 5.89. The summed E-state index contributed by atoms with van der Waals surface area (Å²) in [7, 11) is 0. The third-order valence-electron chi connectivity index (χ3n) is 2.71. The highest BCUT2D eigenvalue weighted by Crippen LogP contribution is 2.40. The van der Waals surface area contributed by atoms with Gasteiger partial charge in [0, 0.05) is 5.92 Å². The van der Waals surface area contributed by atoms with E-state index in [1.807, 2.05) is 0 Å². The summed E-state index contributed by atoms with van der Waals surface area (Å²) in [5.41, 5.74) is 5.61. The summed E-state index contributed by atoms with van der Waals surface area (Å²) in [6, 6.07) is -0.0938. The van der Waals surface area contributed by atoms with Gasteiger partial charge in [-0.1, -0.05) is 0 Å². The van der Waals surface area contributed by atoms with Crippen LogP contribution in [0.4, 0.5) is 0 Å². The summed E-state index contributed by atoms with van der Waals surface area (Å²) in [4.78, 5) is 11.0. The molecule has 0 aromatic rings. The summed E-state index contributed by atoms with van der Waals surface area (Å²) >= 11 is 0. The van der Waals surface area contributed by atoms with Crippen molar-refractivity contribution in [3.05, 3.63) is 0 Å². The molecule has 2 nitrogen and oxygen atoms in total. The molecule has 0 saturated heterocycles. The van der Waals surface area contributed by atoms with Crippen LogP contribution in [0.15, 0.2) is 0 Å². The first-order chi connectivity index (χ1) is 4.29. The van der Waals surface area contributed by atoms with Crippen molar-refractivity contribution in [2.24, 2.45) is 17.6 Å². The van der Waals surface area contributed by atoms with Crippen LogP contribution in [0.5, 0.6) is 0 Å². The molecule has 2 aliphatic rings. The molecule has 0 heterocycles. The maximum absolute atomic E-state index is 11.0. The number of Topliss-reactive ketones (excluding diaryl/α,β-unsaturated/α-hetero) is 1. The van der Waals surface area contributed by atoms with Crippen molar-refractivity contribution >= 4 is 5.78 Å². The Morgan fingerprint density at radius 3 is 2.56 bits per heavy atom. The third kappa shape index (κ3) is 0.568. The fraction of sp³-hybridized carbons (Fsp3) is 0.857. The summed E-state index contributed by atoms with van der Waals surface area (Å²) < 4.78 is 0. The zero-order valence-electron chi connectivity index (χ0n) is 5.34. The van der Waals surface area contributed by atoms with Gasteiger partial charge in [-0.2, -0.15) is 0 Å². The minimum Gasteiger partial charge on any atom is -0.321 e. The molecule has 50 valence electrons.